The molecule has 0 aromatic heterocycles. The van der Waals surface area contributed by atoms with E-state index < -0.39 is 0 Å². The highest BCUT2D eigenvalue weighted by molar-refractivity contribution is 7.81. The van der Waals surface area contributed by atoms with E-state index >= 15 is 0 Å². The lowest BCUT2D eigenvalue weighted by molar-refractivity contribution is 0.735. The number of hydrogen-bond donors (Lipinski definition) is 2. The molecule has 0 saturated carbocycles. The van der Waals surface area contributed by atoms with E-state index in [1.807, 2.05) is 13.8 Å². The first-order valence-electron chi connectivity index (χ1n) is 2.08. The Bertz CT molecular complexity index is 28.5. The van der Waals surface area contributed by atoms with Crippen LogP contribution in [0.25, 0.3) is 0 Å². The Morgan fingerprint density at radius 3 is 1.67 bits per heavy atom. The van der Waals surface area contributed by atoms with Gasteiger partial charge < -0.3 is 5.73 Å². The van der Waals surface area contributed by atoms with Crippen LogP contribution in [0, 0.1) is 0 Å². The predicted molar refractivity (Wildman–Crippen MR) is 32.1 cm³/mol. The van der Waals surface area contributed by atoms with Gasteiger partial charge in [0.15, 0.2) is 0 Å². The Hall–Kier alpha value is 0.310. The van der Waals surface area contributed by atoms with Crippen molar-refractivity contribution in [2.24, 2.45) is 5.73 Å². The van der Waals surface area contributed by atoms with Crippen LogP contribution in [0.5, 0.6) is 0 Å². The molecule has 0 aromatic carbocycles. The molecular weight excluding hydrogens is 94.1 g/mol. The van der Waals surface area contributed by atoms with E-state index in [0.717, 1.165) is 0 Å². The molecule has 0 aromatic rings. The Morgan fingerprint density at radius 2 is 1.67 bits per heavy atom. The minimum atomic E-state index is 0.216. The molecule has 0 spiro atoms. The average Bonchev–Trinajstić information content (AvgIpc) is 1.36. The lowest BCUT2D eigenvalue weighted by Gasteiger charge is -2.05. The van der Waals surface area contributed by atoms with E-state index in [2.05, 4.69) is 12.6 Å². The first-order chi connectivity index (χ1) is 2.64. The quantitative estimate of drug-likeness (QED) is 0.470. The first kappa shape index (κ1) is 6.31. The van der Waals surface area contributed by atoms with Crippen LogP contribution in [0.3, 0.4) is 0 Å². The monoisotopic (exact) mass is 105 g/mol. The highest BCUT2D eigenvalue weighted by atomic mass is 32.1. The lowest BCUT2D eigenvalue weighted by atomic mass is 10.3. The zero-order valence-corrected chi connectivity index (χ0v) is 5.07. The summed E-state index contributed by atoms with van der Waals surface area (Å²) in [6, 6.07) is 0.216. The molecule has 0 rings (SSSR count). The third kappa shape index (κ3) is 2.54. The summed E-state index contributed by atoms with van der Waals surface area (Å²) < 4.78 is 0. The molecule has 0 heterocycles. The SMILES string of the molecule is CC(N)C(C)S. The summed E-state index contributed by atoms with van der Waals surface area (Å²) >= 11 is 4.07. The van der Waals surface area contributed by atoms with Gasteiger partial charge in [0.1, 0.15) is 0 Å². The summed E-state index contributed by atoms with van der Waals surface area (Å²) in [7, 11) is 0. The summed E-state index contributed by atoms with van der Waals surface area (Å²) in [6.45, 7) is 3.92. The van der Waals surface area contributed by atoms with Crippen molar-refractivity contribution in [2.75, 3.05) is 0 Å². The second kappa shape index (κ2) is 2.48. The maximum Gasteiger partial charge on any atom is 0.0137 e. The van der Waals surface area contributed by atoms with E-state index in [4.69, 9.17) is 5.73 Å². The molecule has 2 atom stereocenters. The number of hydrogen-bond acceptors (Lipinski definition) is 2. The molecule has 2 N–H and O–H groups in total. The molecule has 38 valence electrons. The van der Waals surface area contributed by atoms with Crippen molar-refractivity contribution < 1.29 is 0 Å². The van der Waals surface area contributed by atoms with Gasteiger partial charge in [0.25, 0.3) is 0 Å². The Morgan fingerprint density at radius 1 is 1.50 bits per heavy atom. The Balaban J connectivity index is 2.99. The largest absolute Gasteiger partial charge is 0.327 e. The molecule has 0 fully saturated rings. The van der Waals surface area contributed by atoms with Gasteiger partial charge in [-0.25, -0.2) is 0 Å². The van der Waals surface area contributed by atoms with E-state index in [9.17, 15) is 0 Å². The molecule has 1 nitrogen and oxygen atoms in total. The van der Waals surface area contributed by atoms with E-state index in [-0.39, 0.29) is 6.04 Å². The van der Waals surface area contributed by atoms with Crippen LogP contribution in [0.1, 0.15) is 13.8 Å². The van der Waals surface area contributed by atoms with Gasteiger partial charge >= 0.3 is 0 Å². The summed E-state index contributed by atoms with van der Waals surface area (Å²) in [5, 5.41) is 0.324. The molecule has 0 radical (unpaired) electrons. The van der Waals surface area contributed by atoms with Crippen LogP contribution in [-0.4, -0.2) is 11.3 Å². The van der Waals surface area contributed by atoms with Gasteiger partial charge in [-0.1, -0.05) is 6.92 Å². The molecule has 6 heavy (non-hydrogen) atoms. The van der Waals surface area contributed by atoms with Crippen molar-refractivity contribution in [1.82, 2.24) is 0 Å². The second-order valence-electron chi connectivity index (χ2n) is 1.60. The van der Waals surface area contributed by atoms with E-state index in [1.165, 1.54) is 0 Å². The van der Waals surface area contributed by atoms with Gasteiger partial charge in [-0.2, -0.15) is 12.6 Å². The topological polar surface area (TPSA) is 26.0 Å². The van der Waals surface area contributed by atoms with Crippen molar-refractivity contribution >= 4 is 12.6 Å². The molecular formula is C4H11NS. The summed E-state index contributed by atoms with van der Waals surface area (Å²) in [5.41, 5.74) is 5.36. The van der Waals surface area contributed by atoms with Gasteiger partial charge in [0.05, 0.1) is 0 Å². The van der Waals surface area contributed by atoms with Crippen LogP contribution in [0.15, 0.2) is 0 Å². The Kier molecular flexibility index (Phi) is 2.61. The fraction of sp³-hybridized carbons (Fsp3) is 1.00. The zero-order valence-electron chi connectivity index (χ0n) is 4.18. The van der Waals surface area contributed by atoms with Crippen molar-refractivity contribution in [3.05, 3.63) is 0 Å². The third-order valence-corrected chi connectivity index (χ3v) is 1.23. The van der Waals surface area contributed by atoms with Crippen molar-refractivity contribution in [2.45, 2.75) is 25.1 Å². The van der Waals surface area contributed by atoms with Crippen molar-refractivity contribution in [1.29, 1.82) is 0 Å². The van der Waals surface area contributed by atoms with Gasteiger partial charge in [-0.05, 0) is 6.92 Å². The zero-order chi connectivity index (χ0) is 5.15. The molecule has 0 amide bonds. The minimum absolute atomic E-state index is 0.216. The maximum absolute atomic E-state index is 5.36. The Labute approximate surface area is 44.3 Å². The number of thiol groups is 1. The smallest absolute Gasteiger partial charge is 0.0137 e. The number of nitrogens with two attached hydrogens (primary N) is 1. The van der Waals surface area contributed by atoms with Crippen molar-refractivity contribution in [3.8, 4) is 0 Å². The normalized spacial score (nSPS) is 20.0. The van der Waals surface area contributed by atoms with Gasteiger partial charge in [0, 0.05) is 11.3 Å². The highest BCUT2D eigenvalue weighted by Gasteiger charge is 1.96. The van der Waals surface area contributed by atoms with Crippen LogP contribution in [0.2, 0.25) is 0 Å². The van der Waals surface area contributed by atoms with Gasteiger partial charge in [-0.3, -0.25) is 0 Å². The van der Waals surface area contributed by atoms with Gasteiger partial charge in [0.2, 0.25) is 0 Å². The number of rotatable bonds is 1. The van der Waals surface area contributed by atoms with Crippen LogP contribution in [0.4, 0.5) is 0 Å². The third-order valence-electron chi connectivity index (χ3n) is 0.761. The first-order valence-corrected chi connectivity index (χ1v) is 2.60. The van der Waals surface area contributed by atoms with E-state index in [1.54, 1.807) is 0 Å². The molecule has 0 bridgehead atoms. The van der Waals surface area contributed by atoms with Crippen LogP contribution in [-0.2, 0) is 0 Å². The predicted octanol–water partition coefficient (Wildman–Crippen LogP) is 0.652. The van der Waals surface area contributed by atoms with Crippen LogP contribution >= 0.6 is 12.6 Å². The minimum Gasteiger partial charge on any atom is -0.327 e. The standard InChI is InChI=1S/C4H11NS/c1-3(5)4(2)6/h3-4,6H,5H2,1-2H3. The fourth-order valence-electron chi connectivity index (χ4n) is 0. The summed E-state index contributed by atoms with van der Waals surface area (Å²) in [5.74, 6) is 0. The van der Waals surface area contributed by atoms with Crippen molar-refractivity contribution in [3.63, 3.8) is 0 Å². The highest BCUT2D eigenvalue weighted by Crippen LogP contribution is 1.94. The lowest BCUT2D eigenvalue weighted by Crippen LogP contribution is -2.24. The molecule has 2 unspecified atom stereocenters. The van der Waals surface area contributed by atoms with Crippen LogP contribution < -0.4 is 5.73 Å². The molecule has 0 aliphatic rings. The summed E-state index contributed by atoms with van der Waals surface area (Å²) in [4.78, 5) is 0. The maximum atomic E-state index is 5.36. The summed E-state index contributed by atoms with van der Waals surface area (Å²) in [6.07, 6.45) is 0. The average molecular weight is 105 g/mol. The fourth-order valence-corrected chi connectivity index (χ4v) is 0. The molecule has 0 aliphatic heterocycles. The molecule has 2 heteroatoms. The van der Waals surface area contributed by atoms with E-state index in [0.29, 0.717) is 5.25 Å². The molecule has 0 aliphatic carbocycles. The second-order valence-corrected chi connectivity index (χ2v) is 2.41. The van der Waals surface area contributed by atoms with Gasteiger partial charge in [-0.15, -0.1) is 0 Å². The molecule has 0 saturated heterocycles.